The molecule has 19 heavy (non-hydrogen) atoms. The summed E-state index contributed by atoms with van der Waals surface area (Å²) in [5.74, 6) is 0.170. The van der Waals surface area contributed by atoms with Gasteiger partial charge < -0.3 is 5.32 Å². The molecule has 1 aromatic heterocycles. The highest BCUT2D eigenvalue weighted by molar-refractivity contribution is 5.37. The molecule has 5 nitrogen and oxygen atoms in total. The molecule has 6 heteroatoms. The van der Waals surface area contributed by atoms with Crippen molar-refractivity contribution >= 4 is 0 Å². The normalized spacial score (nSPS) is 29.0. The van der Waals surface area contributed by atoms with E-state index in [0.717, 1.165) is 12.0 Å². The minimum atomic E-state index is -0.271. The number of nitrogens with zero attached hydrogens (tertiary/aromatic N) is 4. The molecular weight excluding hydrogens is 245 g/mol. The van der Waals surface area contributed by atoms with Crippen molar-refractivity contribution in [1.82, 2.24) is 25.5 Å². The van der Waals surface area contributed by atoms with Crippen LogP contribution in [0.4, 0.5) is 4.39 Å². The molecule has 0 amide bonds. The summed E-state index contributed by atoms with van der Waals surface area (Å²) in [4.78, 5) is 0. The van der Waals surface area contributed by atoms with Crippen LogP contribution in [0.3, 0.4) is 0 Å². The summed E-state index contributed by atoms with van der Waals surface area (Å²) in [5, 5.41) is 14.3. The summed E-state index contributed by atoms with van der Waals surface area (Å²) in [5.41, 5.74) is 1.47. The molecule has 1 aromatic carbocycles. The van der Waals surface area contributed by atoms with Crippen LogP contribution in [0.15, 0.2) is 24.5 Å². The van der Waals surface area contributed by atoms with Crippen LogP contribution < -0.4 is 5.32 Å². The Labute approximate surface area is 109 Å². The van der Waals surface area contributed by atoms with Gasteiger partial charge in [-0.3, -0.25) is 0 Å². The molecule has 0 aliphatic carbocycles. The van der Waals surface area contributed by atoms with Crippen LogP contribution in [0.2, 0.25) is 0 Å². The van der Waals surface area contributed by atoms with Crippen molar-refractivity contribution < 1.29 is 4.39 Å². The molecule has 1 N–H and O–H groups in total. The topological polar surface area (TPSA) is 55.6 Å². The van der Waals surface area contributed by atoms with Crippen LogP contribution in [0.5, 0.6) is 0 Å². The molecule has 98 valence electrons. The van der Waals surface area contributed by atoms with Gasteiger partial charge in [-0.25, -0.2) is 4.39 Å². The molecule has 4 rings (SSSR count). The van der Waals surface area contributed by atoms with Crippen molar-refractivity contribution in [3.05, 3.63) is 35.9 Å². The molecule has 0 saturated carbocycles. The Bertz CT molecular complexity index is 597. The fourth-order valence-corrected chi connectivity index (χ4v) is 3.40. The zero-order chi connectivity index (χ0) is 12.8. The lowest BCUT2D eigenvalue weighted by molar-refractivity contribution is 0.502. The quantitative estimate of drug-likeness (QED) is 0.886. The summed E-state index contributed by atoms with van der Waals surface area (Å²) in [7, 11) is 0. The zero-order valence-electron chi connectivity index (χ0n) is 10.3. The Hall–Kier alpha value is -1.82. The summed E-state index contributed by atoms with van der Waals surface area (Å²) in [6, 6.07) is 6.52. The lowest BCUT2D eigenvalue weighted by Gasteiger charge is -2.20. The predicted octanol–water partition coefficient (Wildman–Crippen LogP) is 1.41. The first-order valence-electron chi connectivity index (χ1n) is 6.60. The minimum absolute atomic E-state index is 0.271. The first-order valence-corrected chi connectivity index (χ1v) is 6.60. The van der Waals surface area contributed by atoms with Crippen molar-refractivity contribution in [2.45, 2.75) is 37.3 Å². The fourth-order valence-electron chi connectivity index (χ4n) is 3.40. The van der Waals surface area contributed by atoms with E-state index in [2.05, 4.69) is 20.8 Å². The van der Waals surface area contributed by atoms with Gasteiger partial charge in [0.15, 0.2) is 0 Å². The van der Waals surface area contributed by atoms with Crippen molar-refractivity contribution in [3.63, 3.8) is 0 Å². The van der Waals surface area contributed by atoms with Gasteiger partial charge in [-0.15, -0.1) is 5.10 Å². The highest BCUT2D eigenvalue weighted by atomic mass is 19.1. The molecule has 3 atom stereocenters. The average molecular weight is 259 g/mol. The molecule has 2 aliphatic heterocycles. The van der Waals surface area contributed by atoms with E-state index in [1.165, 1.54) is 23.9 Å². The molecule has 2 saturated heterocycles. The van der Waals surface area contributed by atoms with Gasteiger partial charge >= 0.3 is 0 Å². The highest BCUT2D eigenvalue weighted by Crippen LogP contribution is 2.40. The van der Waals surface area contributed by atoms with Gasteiger partial charge in [0.25, 0.3) is 0 Å². The summed E-state index contributed by atoms with van der Waals surface area (Å²) in [6.07, 6.45) is 4.98. The smallest absolute Gasteiger partial charge is 0.149 e. The van der Waals surface area contributed by atoms with Crippen molar-refractivity contribution in [1.29, 1.82) is 0 Å². The van der Waals surface area contributed by atoms with Gasteiger partial charge in [0.05, 0.1) is 0 Å². The van der Waals surface area contributed by atoms with Gasteiger partial charge in [-0.05, 0) is 47.4 Å². The number of hydrogen-bond acceptors (Lipinski definition) is 4. The largest absolute Gasteiger partial charge is 0.311 e. The van der Waals surface area contributed by atoms with Gasteiger partial charge in [0.2, 0.25) is 0 Å². The number of nitrogens with one attached hydrogen (secondary N) is 1. The Morgan fingerprint density at radius 2 is 2.26 bits per heavy atom. The van der Waals surface area contributed by atoms with E-state index in [-0.39, 0.29) is 5.82 Å². The number of fused-ring (bicyclic) bond motifs is 2. The number of aromatic nitrogens is 4. The zero-order valence-corrected chi connectivity index (χ0v) is 10.3. The third-order valence-electron chi connectivity index (χ3n) is 4.30. The Morgan fingerprint density at radius 1 is 1.32 bits per heavy atom. The predicted molar refractivity (Wildman–Crippen MR) is 66.4 cm³/mol. The summed E-state index contributed by atoms with van der Waals surface area (Å²) >= 11 is 0. The molecule has 2 aliphatic rings. The van der Waals surface area contributed by atoms with Crippen LogP contribution in [-0.2, 0) is 0 Å². The molecular formula is C13H14FN5. The third kappa shape index (κ3) is 1.74. The summed E-state index contributed by atoms with van der Waals surface area (Å²) in [6.45, 7) is 0. The van der Waals surface area contributed by atoms with E-state index in [4.69, 9.17) is 0 Å². The van der Waals surface area contributed by atoms with Gasteiger partial charge in [0, 0.05) is 18.0 Å². The minimum Gasteiger partial charge on any atom is -0.311 e. The molecule has 2 bridgehead atoms. The second-order valence-corrected chi connectivity index (χ2v) is 5.35. The lowest BCUT2D eigenvalue weighted by atomic mass is 9.84. The third-order valence-corrected chi connectivity index (χ3v) is 4.30. The molecule has 2 aromatic rings. The Balaban J connectivity index is 1.67. The fraction of sp³-hybridized carbons (Fsp3) is 0.462. The molecule has 0 radical (unpaired) electrons. The maximum absolute atomic E-state index is 14.2. The van der Waals surface area contributed by atoms with Gasteiger partial charge in [-0.2, -0.15) is 4.68 Å². The van der Waals surface area contributed by atoms with Gasteiger partial charge in [0.1, 0.15) is 17.8 Å². The van der Waals surface area contributed by atoms with E-state index in [9.17, 15) is 4.39 Å². The maximum Gasteiger partial charge on any atom is 0.149 e. The SMILES string of the molecule is Fc1cc(C2CC3CCC2N3)ccc1-n1cnnn1. The number of benzene rings is 1. The van der Waals surface area contributed by atoms with Gasteiger partial charge in [-0.1, -0.05) is 6.07 Å². The molecule has 2 fully saturated rings. The highest BCUT2D eigenvalue weighted by Gasteiger charge is 2.39. The van der Waals surface area contributed by atoms with Crippen LogP contribution in [0.25, 0.3) is 5.69 Å². The van der Waals surface area contributed by atoms with Crippen LogP contribution in [0.1, 0.15) is 30.7 Å². The monoisotopic (exact) mass is 259 g/mol. The number of halogens is 1. The van der Waals surface area contributed by atoms with Crippen molar-refractivity contribution in [2.24, 2.45) is 0 Å². The molecule has 0 spiro atoms. The Kier molecular flexibility index (Phi) is 2.38. The first kappa shape index (κ1) is 11.0. The van der Waals surface area contributed by atoms with Crippen LogP contribution in [0, 0.1) is 5.82 Å². The summed E-state index contributed by atoms with van der Waals surface area (Å²) < 4.78 is 15.5. The van der Waals surface area contributed by atoms with Crippen LogP contribution in [-0.4, -0.2) is 32.3 Å². The standard InChI is InChI=1S/C13H14FN5/c14-11-5-8(10-6-9-2-3-12(10)16-9)1-4-13(11)19-7-15-17-18-19/h1,4-5,7,9-10,12,16H,2-3,6H2. The van der Waals surface area contributed by atoms with E-state index >= 15 is 0 Å². The van der Waals surface area contributed by atoms with E-state index in [0.29, 0.717) is 23.7 Å². The first-order chi connectivity index (χ1) is 9.31. The second kappa shape index (κ2) is 4.09. The van der Waals surface area contributed by atoms with E-state index in [1.807, 2.05) is 6.07 Å². The number of tetrazole rings is 1. The second-order valence-electron chi connectivity index (χ2n) is 5.35. The molecule has 3 unspecified atom stereocenters. The van der Waals surface area contributed by atoms with Crippen molar-refractivity contribution in [3.8, 4) is 5.69 Å². The maximum atomic E-state index is 14.2. The van der Waals surface area contributed by atoms with Crippen molar-refractivity contribution in [2.75, 3.05) is 0 Å². The lowest BCUT2D eigenvalue weighted by Crippen LogP contribution is -2.21. The van der Waals surface area contributed by atoms with Crippen LogP contribution >= 0.6 is 0 Å². The van der Waals surface area contributed by atoms with E-state index < -0.39 is 0 Å². The Morgan fingerprint density at radius 3 is 2.89 bits per heavy atom. The number of hydrogen-bond donors (Lipinski definition) is 1. The molecule has 3 heterocycles. The number of rotatable bonds is 2. The van der Waals surface area contributed by atoms with E-state index in [1.54, 1.807) is 12.1 Å². The average Bonchev–Trinajstić information content (AvgIpc) is 3.15.